The first-order valence-electron chi connectivity index (χ1n) is 9.50. The fourth-order valence-electron chi connectivity index (χ4n) is 2.97. The third-order valence-corrected chi connectivity index (χ3v) is 7.54. The van der Waals surface area contributed by atoms with Crippen LogP contribution in [0.1, 0.15) is 5.69 Å². The predicted octanol–water partition coefficient (Wildman–Crippen LogP) is -0.945. The third-order valence-electron chi connectivity index (χ3n) is 4.35. The summed E-state index contributed by atoms with van der Waals surface area (Å²) in [6, 6.07) is -1.08. The molecule has 0 bridgehead atoms. The van der Waals surface area contributed by atoms with Crippen LogP contribution in [0.15, 0.2) is 21.1 Å². The molecule has 1 fully saturated rings. The van der Waals surface area contributed by atoms with Crippen LogP contribution in [0.4, 0.5) is 9.93 Å². The number of ether oxygens (including phenoxy) is 1. The van der Waals surface area contributed by atoms with E-state index >= 15 is 0 Å². The fourth-order valence-corrected chi connectivity index (χ4v) is 5.99. The summed E-state index contributed by atoms with van der Waals surface area (Å²) >= 11 is 3.34. The average molecular weight is 547 g/mol. The van der Waals surface area contributed by atoms with Gasteiger partial charge in [-0.15, -0.1) is 34.9 Å². The van der Waals surface area contributed by atoms with Gasteiger partial charge in [0.2, 0.25) is 6.61 Å². The van der Waals surface area contributed by atoms with Crippen molar-refractivity contribution in [2.75, 3.05) is 30.5 Å². The lowest BCUT2D eigenvalue weighted by Gasteiger charge is -2.49. The molecule has 18 heteroatoms. The molecule has 0 unspecified atom stereocenters. The summed E-state index contributed by atoms with van der Waals surface area (Å²) in [4.78, 5) is 68.9. The van der Waals surface area contributed by atoms with Crippen LogP contribution in [0, 0.1) is 0 Å². The number of nitrogen functional groups attached to an aromatic ring is 1. The number of anilines is 1. The fraction of sp³-hybridized carbons (Fsp3) is 0.353. The van der Waals surface area contributed by atoms with E-state index in [1.165, 1.54) is 17.1 Å². The Morgan fingerprint density at radius 1 is 1.34 bits per heavy atom. The van der Waals surface area contributed by atoms with E-state index in [9.17, 15) is 29.1 Å². The Morgan fingerprint density at radius 2 is 2.09 bits per heavy atom. The molecule has 188 valence electrons. The first kappa shape index (κ1) is 26.1. The SMILES string of the molecule is NC(=O)OCCSC1=C(C(=O)O)N2C(=O)[C@@H](NC(=O)C(=NOCC(=O)O)c3csc(N)n3)[C@@H]2SC1. The number of carbonyl (C=O) groups excluding carboxylic acids is 3. The van der Waals surface area contributed by atoms with Crippen LogP contribution in [0.5, 0.6) is 0 Å². The Balaban J connectivity index is 1.72. The molecule has 0 saturated carbocycles. The first-order valence-corrected chi connectivity index (χ1v) is 12.4. The second-order valence-electron chi connectivity index (χ2n) is 6.63. The molecule has 0 aromatic carbocycles. The summed E-state index contributed by atoms with van der Waals surface area (Å²) < 4.78 is 4.62. The molecule has 2 aliphatic rings. The average Bonchev–Trinajstić information content (AvgIpc) is 3.22. The number of primary amides is 1. The second-order valence-corrected chi connectivity index (χ2v) is 9.82. The van der Waals surface area contributed by atoms with Crippen LogP contribution in [0.3, 0.4) is 0 Å². The van der Waals surface area contributed by atoms with Gasteiger partial charge in [0.25, 0.3) is 11.8 Å². The standard InChI is InChI=1S/C17H18N6O9S3/c18-16-20-6(4-35-16)9(22-32-3-8(24)25)12(26)21-10-13(27)23-11(15(28)29)7(5-34-14(10)23)33-2-1-31-17(19)30/h4,10,14H,1-3,5H2,(H2,18,20)(H2,19,30)(H,21,26)(H,24,25)(H,28,29)/t10-,14+/m1/s1. The Kier molecular flexibility index (Phi) is 8.41. The van der Waals surface area contributed by atoms with Crippen LogP contribution < -0.4 is 16.8 Å². The van der Waals surface area contributed by atoms with Crippen LogP contribution in [0.25, 0.3) is 0 Å². The molecule has 1 aromatic heterocycles. The van der Waals surface area contributed by atoms with Crippen molar-refractivity contribution in [3.8, 4) is 0 Å². The monoisotopic (exact) mass is 546 g/mol. The molecule has 2 atom stereocenters. The normalized spacial score (nSPS) is 19.5. The van der Waals surface area contributed by atoms with Gasteiger partial charge in [0.1, 0.15) is 29.4 Å². The molecule has 35 heavy (non-hydrogen) atoms. The maximum absolute atomic E-state index is 12.9. The molecule has 1 saturated heterocycles. The Morgan fingerprint density at radius 3 is 2.69 bits per heavy atom. The molecular weight excluding hydrogens is 528 g/mol. The van der Waals surface area contributed by atoms with Crippen LogP contribution in [-0.4, -0.2) is 91.8 Å². The zero-order valence-electron chi connectivity index (χ0n) is 17.5. The topological polar surface area (TPSA) is 237 Å². The number of β-lactam (4-membered cyclic amide) rings is 1. The zero-order valence-corrected chi connectivity index (χ0v) is 20.0. The molecule has 15 nitrogen and oxygen atoms in total. The highest BCUT2D eigenvalue weighted by Crippen LogP contribution is 2.43. The Hall–Kier alpha value is -3.51. The second kappa shape index (κ2) is 11.3. The molecule has 3 heterocycles. The van der Waals surface area contributed by atoms with Gasteiger partial charge in [-0.3, -0.25) is 14.5 Å². The van der Waals surface area contributed by atoms with Crippen molar-refractivity contribution in [1.82, 2.24) is 15.2 Å². The minimum absolute atomic E-state index is 0.0123. The van der Waals surface area contributed by atoms with E-state index in [2.05, 4.69) is 25.0 Å². The van der Waals surface area contributed by atoms with Crippen molar-refractivity contribution in [3.05, 3.63) is 21.7 Å². The van der Waals surface area contributed by atoms with Crippen molar-refractivity contribution >= 4 is 75.6 Å². The quantitative estimate of drug-likeness (QED) is 0.0975. The highest BCUT2D eigenvalue weighted by atomic mass is 32.2. The smallest absolute Gasteiger partial charge is 0.404 e. The van der Waals surface area contributed by atoms with Crippen LogP contribution in [-0.2, 0) is 28.8 Å². The molecule has 7 N–H and O–H groups in total. The van der Waals surface area contributed by atoms with Gasteiger partial charge < -0.3 is 36.6 Å². The third kappa shape index (κ3) is 6.14. The molecule has 3 amide bonds. The van der Waals surface area contributed by atoms with Gasteiger partial charge in [-0.25, -0.2) is 19.4 Å². The highest BCUT2D eigenvalue weighted by molar-refractivity contribution is 8.06. The van der Waals surface area contributed by atoms with Crippen molar-refractivity contribution in [1.29, 1.82) is 0 Å². The predicted molar refractivity (Wildman–Crippen MR) is 124 cm³/mol. The molecule has 0 aliphatic carbocycles. The molecule has 0 spiro atoms. The zero-order chi connectivity index (χ0) is 25.7. The molecule has 0 radical (unpaired) electrons. The van der Waals surface area contributed by atoms with E-state index in [1.54, 1.807) is 0 Å². The van der Waals surface area contributed by atoms with Gasteiger partial charge in [-0.2, -0.15) is 0 Å². The van der Waals surface area contributed by atoms with E-state index in [-0.39, 0.29) is 34.6 Å². The van der Waals surface area contributed by atoms with Crippen molar-refractivity contribution in [3.63, 3.8) is 0 Å². The number of hydrogen-bond acceptors (Lipinski definition) is 13. The number of amides is 3. The molecule has 2 aliphatic heterocycles. The Bertz CT molecular complexity index is 1120. The number of carboxylic acids is 2. The van der Waals surface area contributed by atoms with E-state index in [0.29, 0.717) is 4.91 Å². The maximum Gasteiger partial charge on any atom is 0.404 e. The van der Waals surface area contributed by atoms with E-state index in [4.69, 9.17) is 16.6 Å². The first-order chi connectivity index (χ1) is 16.6. The van der Waals surface area contributed by atoms with Crippen molar-refractivity contribution in [2.45, 2.75) is 11.4 Å². The van der Waals surface area contributed by atoms with Crippen LogP contribution >= 0.6 is 34.9 Å². The number of carboxylic acid groups (broad SMARTS) is 2. The number of oxime groups is 1. The van der Waals surface area contributed by atoms with Crippen molar-refractivity contribution in [2.24, 2.45) is 10.9 Å². The van der Waals surface area contributed by atoms with Gasteiger partial charge in [0.15, 0.2) is 10.8 Å². The number of hydrogen-bond donors (Lipinski definition) is 5. The lowest BCUT2D eigenvalue weighted by Crippen LogP contribution is -2.71. The maximum atomic E-state index is 12.9. The van der Waals surface area contributed by atoms with Gasteiger partial charge in [0, 0.05) is 21.8 Å². The highest BCUT2D eigenvalue weighted by Gasteiger charge is 2.54. The summed E-state index contributed by atoms with van der Waals surface area (Å²) in [5.41, 5.74) is 9.87. The number of nitrogens with zero attached hydrogens (tertiary/aromatic N) is 3. The largest absolute Gasteiger partial charge is 0.479 e. The van der Waals surface area contributed by atoms with Gasteiger partial charge in [-0.1, -0.05) is 5.16 Å². The summed E-state index contributed by atoms with van der Waals surface area (Å²) in [6.45, 7) is -0.854. The molecule has 3 rings (SSSR count). The van der Waals surface area contributed by atoms with E-state index < -0.39 is 53.6 Å². The number of rotatable bonds is 11. The number of aliphatic carboxylic acids is 2. The minimum Gasteiger partial charge on any atom is -0.479 e. The number of aromatic nitrogens is 1. The number of thiazole rings is 1. The number of nitrogens with two attached hydrogens (primary N) is 2. The molecule has 1 aromatic rings. The number of carbonyl (C=O) groups is 5. The lowest BCUT2D eigenvalue weighted by atomic mass is 10.0. The number of thioether (sulfide) groups is 2. The van der Waals surface area contributed by atoms with Crippen LogP contribution in [0.2, 0.25) is 0 Å². The number of fused-ring (bicyclic) bond motifs is 1. The summed E-state index contributed by atoms with van der Waals surface area (Å²) in [5, 5.41) is 25.2. The summed E-state index contributed by atoms with van der Waals surface area (Å²) in [5.74, 6) is -3.73. The Labute approximate surface area is 208 Å². The lowest BCUT2D eigenvalue weighted by molar-refractivity contribution is -0.150. The van der Waals surface area contributed by atoms with Gasteiger partial charge in [-0.05, 0) is 0 Å². The summed E-state index contributed by atoms with van der Waals surface area (Å²) in [6.07, 6.45) is -0.954. The molecular formula is C17H18N6O9S3. The summed E-state index contributed by atoms with van der Waals surface area (Å²) in [7, 11) is 0. The van der Waals surface area contributed by atoms with E-state index in [1.807, 2.05) is 0 Å². The number of nitrogens with one attached hydrogen (secondary N) is 1. The van der Waals surface area contributed by atoms with Gasteiger partial charge in [0.05, 0.1) is 0 Å². The van der Waals surface area contributed by atoms with Crippen molar-refractivity contribution < 1.29 is 43.8 Å². The minimum atomic E-state index is -1.32. The van der Waals surface area contributed by atoms with E-state index in [0.717, 1.165) is 28.0 Å². The van der Waals surface area contributed by atoms with Gasteiger partial charge >= 0.3 is 18.0 Å².